The molecule has 0 unspecified atom stereocenters. The van der Waals surface area contributed by atoms with Crippen molar-refractivity contribution in [1.82, 2.24) is 0 Å². The molecule has 3 aromatic rings. The lowest BCUT2D eigenvalue weighted by atomic mass is 10.1. The highest BCUT2D eigenvalue weighted by molar-refractivity contribution is 7.98. The molecule has 1 aliphatic rings. The van der Waals surface area contributed by atoms with Crippen molar-refractivity contribution in [2.75, 3.05) is 15.9 Å². The van der Waals surface area contributed by atoms with Gasteiger partial charge in [-0.2, -0.15) is 0 Å². The van der Waals surface area contributed by atoms with Crippen LogP contribution in [0.3, 0.4) is 0 Å². The van der Waals surface area contributed by atoms with Crippen LogP contribution in [0.4, 0.5) is 11.4 Å². The number of para-hydroxylation sites is 1. The van der Waals surface area contributed by atoms with E-state index in [1.165, 1.54) is 10.5 Å². The molecule has 0 saturated heterocycles. The fourth-order valence-corrected chi connectivity index (χ4v) is 5.40. The predicted octanol–water partition coefficient (Wildman–Crippen LogP) is 5.20. The molecule has 0 fully saturated rings. The van der Waals surface area contributed by atoms with Gasteiger partial charge in [0, 0.05) is 22.3 Å². The number of thioether (sulfide) groups is 1. The number of nitrogens with zero attached hydrogens (tertiary/aromatic N) is 1. The van der Waals surface area contributed by atoms with Crippen LogP contribution in [0.5, 0.6) is 0 Å². The largest absolute Gasteiger partial charge is 0.360 e. The molecule has 7 heteroatoms. The Morgan fingerprint density at radius 2 is 1.74 bits per heavy atom. The Bertz CT molecular complexity index is 1270. The van der Waals surface area contributed by atoms with Crippen molar-refractivity contribution in [1.29, 1.82) is 0 Å². The molecule has 0 saturated carbocycles. The summed E-state index contributed by atoms with van der Waals surface area (Å²) in [7, 11) is -4.04. The van der Waals surface area contributed by atoms with Crippen molar-refractivity contribution in [3.63, 3.8) is 0 Å². The standard InChI is InChI=1S/C24H22N2O3S2/c1-17-10-12-18(13-11-17)16-26-22-9-4-3-8-21(22)24(27)23(31(26,28)29)15-25-19-6-5-7-20(14-19)30-2/h3-15,25H,16H2,1-2H3/b23-15+. The number of fused-ring (bicyclic) bond motifs is 1. The number of carbonyl (C=O) groups excluding carboxylic acids is 1. The third kappa shape index (κ3) is 4.24. The highest BCUT2D eigenvalue weighted by Crippen LogP contribution is 2.36. The number of carbonyl (C=O) groups is 1. The van der Waals surface area contributed by atoms with Crippen LogP contribution in [-0.4, -0.2) is 20.5 Å². The second-order valence-corrected chi connectivity index (χ2v) is 9.94. The summed E-state index contributed by atoms with van der Waals surface area (Å²) in [6.45, 7) is 2.13. The molecule has 1 heterocycles. The molecule has 0 aliphatic carbocycles. The number of allylic oxidation sites excluding steroid dienone is 1. The first kappa shape index (κ1) is 21.2. The SMILES string of the molecule is CSc1cccc(N/C=C2\C(=O)c3ccccc3N(Cc3ccc(C)cc3)S2(=O)=O)c1. The molecule has 158 valence electrons. The molecule has 0 spiro atoms. The number of sulfonamides is 1. The minimum Gasteiger partial charge on any atom is -0.360 e. The molecule has 1 aliphatic heterocycles. The van der Waals surface area contributed by atoms with E-state index in [4.69, 9.17) is 0 Å². The summed E-state index contributed by atoms with van der Waals surface area (Å²) in [5.41, 5.74) is 3.42. The second kappa shape index (κ2) is 8.61. The van der Waals surface area contributed by atoms with Crippen molar-refractivity contribution in [2.45, 2.75) is 18.4 Å². The summed E-state index contributed by atoms with van der Waals surface area (Å²) in [5, 5.41) is 3.00. The topological polar surface area (TPSA) is 66.5 Å². The highest BCUT2D eigenvalue weighted by atomic mass is 32.2. The summed E-state index contributed by atoms with van der Waals surface area (Å²) in [5.74, 6) is -0.510. The van der Waals surface area contributed by atoms with Gasteiger partial charge in [0.15, 0.2) is 4.91 Å². The molecule has 3 aromatic carbocycles. The van der Waals surface area contributed by atoms with E-state index in [1.54, 1.807) is 36.0 Å². The van der Waals surface area contributed by atoms with Gasteiger partial charge in [-0.3, -0.25) is 9.10 Å². The third-order valence-corrected chi connectivity index (χ3v) is 7.59. The number of hydrogen-bond acceptors (Lipinski definition) is 5. The van der Waals surface area contributed by atoms with Crippen molar-refractivity contribution >= 4 is 38.9 Å². The summed E-state index contributed by atoms with van der Waals surface area (Å²) in [6, 6.07) is 22.1. The average molecular weight is 451 g/mol. The normalized spacial score (nSPS) is 16.3. The molecule has 0 amide bonds. The zero-order valence-electron chi connectivity index (χ0n) is 17.2. The quantitative estimate of drug-likeness (QED) is 0.427. The molecule has 4 rings (SSSR count). The van der Waals surface area contributed by atoms with Gasteiger partial charge in [-0.05, 0) is 49.1 Å². The van der Waals surface area contributed by atoms with E-state index in [2.05, 4.69) is 5.32 Å². The molecule has 1 N–H and O–H groups in total. The number of aryl methyl sites for hydroxylation is 1. The minimum atomic E-state index is -4.04. The van der Waals surface area contributed by atoms with Crippen LogP contribution in [0.2, 0.25) is 0 Å². The first-order chi connectivity index (χ1) is 14.9. The van der Waals surface area contributed by atoms with E-state index in [-0.39, 0.29) is 11.4 Å². The van der Waals surface area contributed by atoms with Gasteiger partial charge >= 0.3 is 0 Å². The van der Waals surface area contributed by atoms with Crippen LogP contribution in [0.25, 0.3) is 0 Å². The summed E-state index contributed by atoms with van der Waals surface area (Å²) < 4.78 is 28.3. The van der Waals surface area contributed by atoms with Gasteiger partial charge in [0.05, 0.1) is 12.2 Å². The maximum atomic E-state index is 13.5. The van der Waals surface area contributed by atoms with Crippen LogP contribution in [-0.2, 0) is 16.6 Å². The molecular weight excluding hydrogens is 428 g/mol. The van der Waals surface area contributed by atoms with E-state index < -0.39 is 15.8 Å². The number of hydrogen-bond donors (Lipinski definition) is 1. The van der Waals surface area contributed by atoms with E-state index in [1.807, 2.05) is 61.7 Å². The number of ketones is 1. The Hall–Kier alpha value is -3.03. The van der Waals surface area contributed by atoms with Gasteiger partial charge in [-0.25, -0.2) is 8.42 Å². The van der Waals surface area contributed by atoms with Crippen LogP contribution >= 0.6 is 11.8 Å². The number of benzene rings is 3. The molecule has 0 aromatic heterocycles. The van der Waals surface area contributed by atoms with Gasteiger partial charge in [0.2, 0.25) is 5.78 Å². The Morgan fingerprint density at radius 1 is 1.00 bits per heavy atom. The van der Waals surface area contributed by atoms with Crippen LogP contribution in [0.15, 0.2) is 88.8 Å². The Kier molecular flexibility index (Phi) is 5.89. The number of anilines is 2. The first-order valence-electron chi connectivity index (χ1n) is 9.73. The van der Waals surface area contributed by atoms with Crippen LogP contribution in [0.1, 0.15) is 21.5 Å². The third-order valence-electron chi connectivity index (χ3n) is 5.10. The summed E-state index contributed by atoms with van der Waals surface area (Å²) >= 11 is 1.58. The predicted molar refractivity (Wildman–Crippen MR) is 127 cm³/mol. The lowest BCUT2D eigenvalue weighted by molar-refractivity contribution is 0.104. The fourth-order valence-electron chi connectivity index (χ4n) is 3.41. The molecule has 0 bridgehead atoms. The second-order valence-electron chi connectivity index (χ2n) is 7.23. The number of Topliss-reactive ketones (excluding diaryl/α,β-unsaturated/α-hetero) is 1. The zero-order valence-corrected chi connectivity index (χ0v) is 18.8. The fraction of sp³-hybridized carbons (Fsp3) is 0.125. The Labute approximate surface area is 186 Å². The lowest BCUT2D eigenvalue weighted by Crippen LogP contribution is -2.39. The average Bonchev–Trinajstić information content (AvgIpc) is 2.78. The van der Waals surface area contributed by atoms with E-state index in [9.17, 15) is 13.2 Å². The van der Waals surface area contributed by atoms with Crippen molar-refractivity contribution < 1.29 is 13.2 Å². The van der Waals surface area contributed by atoms with Crippen molar-refractivity contribution in [2.24, 2.45) is 0 Å². The zero-order chi connectivity index (χ0) is 22.0. The number of nitrogens with one attached hydrogen (secondary N) is 1. The van der Waals surface area contributed by atoms with Crippen LogP contribution < -0.4 is 9.62 Å². The monoisotopic (exact) mass is 450 g/mol. The van der Waals surface area contributed by atoms with Gasteiger partial charge in [0.25, 0.3) is 10.0 Å². The number of rotatable bonds is 5. The molecule has 0 atom stereocenters. The maximum Gasteiger partial charge on any atom is 0.270 e. The van der Waals surface area contributed by atoms with Gasteiger partial charge < -0.3 is 5.32 Å². The van der Waals surface area contributed by atoms with E-state index >= 15 is 0 Å². The molecule has 31 heavy (non-hydrogen) atoms. The Balaban J connectivity index is 1.76. The van der Waals surface area contributed by atoms with E-state index in [0.29, 0.717) is 16.9 Å². The molecule has 5 nitrogen and oxygen atoms in total. The maximum absolute atomic E-state index is 13.5. The lowest BCUT2D eigenvalue weighted by Gasteiger charge is -2.31. The summed E-state index contributed by atoms with van der Waals surface area (Å²) in [6.07, 6.45) is 3.27. The van der Waals surface area contributed by atoms with Gasteiger partial charge in [0.1, 0.15) is 0 Å². The first-order valence-corrected chi connectivity index (χ1v) is 12.4. The summed E-state index contributed by atoms with van der Waals surface area (Å²) in [4.78, 5) is 13.9. The van der Waals surface area contributed by atoms with Gasteiger partial charge in [-0.1, -0.05) is 48.0 Å². The van der Waals surface area contributed by atoms with Gasteiger partial charge in [-0.15, -0.1) is 11.8 Å². The molecular formula is C24H22N2O3S2. The molecule has 0 radical (unpaired) electrons. The van der Waals surface area contributed by atoms with Crippen molar-refractivity contribution in [3.8, 4) is 0 Å². The smallest absolute Gasteiger partial charge is 0.270 e. The van der Waals surface area contributed by atoms with Crippen LogP contribution in [0, 0.1) is 6.92 Å². The minimum absolute atomic E-state index is 0.145. The van der Waals surface area contributed by atoms with E-state index in [0.717, 1.165) is 16.0 Å². The van der Waals surface area contributed by atoms with Crippen molar-refractivity contribution in [3.05, 3.63) is 101 Å². The Morgan fingerprint density at radius 3 is 2.48 bits per heavy atom. The highest BCUT2D eigenvalue weighted by Gasteiger charge is 2.40.